The lowest BCUT2D eigenvalue weighted by Crippen LogP contribution is -2.32. The SMILES string of the molecule is CC(C)C1CCC(O)C(Cc2ccc([N+](=O)[O-])cc2)C1. The molecule has 3 atom stereocenters. The van der Waals surface area contributed by atoms with E-state index in [9.17, 15) is 15.2 Å². The first-order valence-electron chi connectivity index (χ1n) is 7.38. The van der Waals surface area contributed by atoms with Gasteiger partial charge in [0.25, 0.3) is 5.69 Å². The number of hydrogen-bond donors (Lipinski definition) is 1. The van der Waals surface area contributed by atoms with Gasteiger partial charge in [-0.25, -0.2) is 0 Å². The molecule has 1 saturated carbocycles. The number of nitrogens with zero attached hydrogens (tertiary/aromatic N) is 1. The average Bonchev–Trinajstić information content (AvgIpc) is 2.41. The lowest BCUT2D eigenvalue weighted by Gasteiger charge is -2.35. The molecular weight excluding hydrogens is 254 g/mol. The van der Waals surface area contributed by atoms with Gasteiger partial charge in [-0.1, -0.05) is 26.0 Å². The Morgan fingerprint density at radius 1 is 1.30 bits per heavy atom. The van der Waals surface area contributed by atoms with Crippen LogP contribution in [-0.2, 0) is 6.42 Å². The summed E-state index contributed by atoms with van der Waals surface area (Å²) < 4.78 is 0. The molecular formula is C16H23NO3. The zero-order chi connectivity index (χ0) is 14.7. The predicted molar refractivity (Wildman–Crippen MR) is 78.5 cm³/mol. The fourth-order valence-corrected chi connectivity index (χ4v) is 3.17. The van der Waals surface area contributed by atoms with E-state index in [0.29, 0.717) is 11.8 Å². The van der Waals surface area contributed by atoms with E-state index in [2.05, 4.69) is 13.8 Å². The molecule has 1 aliphatic rings. The molecule has 0 amide bonds. The molecule has 2 rings (SSSR count). The van der Waals surface area contributed by atoms with E-state index in [0.717, 1.165) is 31.2 Å². The van der Waals surface area contributed by atoms with Crippen molar-refractivity contribution >= 4 is 5.69 Å². The third-order valence-corrected chi connectivity index (χ3v) is 4.57. The highest BCUT2D eigenvalue weighted by Gasteiger charge is 2.30. The second-order valence-electron chi connectivity index (χ2n) is 6.27. The van der Waals surface area contributed by atoms with Crippen LogP contribution in [0, 0.1) is 27.9 Å². The maximum Gasteiger partial charge on any atom is 0.269 e. The molecule has 1 aromatic carbocycles. The Morgan fingerprint density at radius 2 is 1.95 bits per heavy atom. The third-order valence-electron chi connectivity index (χ3n) is 4.57. The summed E-state index contributed by atoms with van der Waals surface area (Å²) in [5.74, 6) is 1.61. The van der Waals surface area contributed by atoms with E-state index in [1.54, 1.807) is 12.1 Å². The number of hydrogen-bond acceptors (Lipinski definition) is 3. The largest absolute Gasteiger partial charge is 0.393 e. The first kappa shape index (κ1) is 15.0. The van der Waals surface area contributed by atoms with Crippen LogP contribution in [0.3, 0.4) is 0 Å². The fourth-order valence-electron chi connectivity index (χ4n) is 3.17. The van der Waals surface area contributed by atoms with Gasteiger partial charge in [0, 0.05) is 12.1 Å². The van der Waals surface area contributed by atoms with Gasteiger partial charge in [-0.15, -0.1) is 0 Å². The molecule has 20 heavy (non-hydrogen) atoms. The van der Waals surface area contributed by atoms with Crippen LogP contribution in [0.5, 0.6) is 0 Å². The summed E-state index contributed by atoms with van der Waals surface area (Å²) in [5, 5.41) is 20.8. The summed E-state index contributed by atoms with van der Waals surface area (Å²) in [6, 6.07) is 6.71. The standard InChI is InChI=1S/C16H23NO3/c1-11(2)13-5-8-16(18)14(10-13)9-12-3-6-15(7-4-12)17(19)20/h3-4,6-7,11,13-14,16,18H,5,8-10H2,1-2H3. The molecule has 4 nitrogen and oxygen atoms in total. The monoisotopic (exact) mass is 277 g/mol. The number of benzene rings is 1. The Labute approximate surface area is 120 Å². The molecule has 1 fully saturated rings. The molecule has 0 aromatic heterocycles. The minimum Gasteiger partial charge on any atom is -0.393 e. The highest BCUT2D eigenvalue weighted by Crippen LogP contribution is 2.35. The Morgan fingerprint density at radius 3 is 2.50 bits per heavy atom. The van der Waals surface area contributed by atoms with Gasteiger partial charge in [-0.05, 0) is 49.0 Å². The minimum atomic E-state index is -0.381. The molecule has 1 N–H and O–H groups in total. The first-order chi connectivity index (χ1) is 9.47. The minimum absolute atomic E-state index is 0.123. The first-order valence-corrected chi connectivity index (χ1v) is 7.38. The van der Waals surface area contributed by atoms with Crippen molar-refractivity contribution in [3.8, 4) is 0 Å². The van der Waals surface area contributed by atoms with Crippen LogP contribution in [0.4, 0.5) is 5.69 Å². The smallest absolute Gasteiger partial charge is 0.269 e. The number of nitro benzene ring substituents is 1. The van der Waals surface area contributed by atoms with Gasteiger partial charge in [0.05, 0.1) is 11.0 Å². The lowest BCUT2D eigenvalue weighted by molar-refractivity contribution is -0.384. The molecule has 0 aliphatic heterocycles. The summed E-state index contributed by atoms with van der Waals surface area (Å²) in [6.45, 7) is 4.48. The van der Waals surface area contributed by atoms with Crippen molar-refractivity contribution in [3.05, 3.63) is 39.9 Å². The molecule has 110 valence electrons. The van der Waals surface area contributed by atoms with Crippen molar-refractivity contribution in [2.75, 3.05) is 0 Å². The molecule has 0 spiro atoms. The van der Waals surface area contributed by atoms with Crippen molar-refractivity contribution < 1.29 is 10.0 Å². The van der Waals surface area contributed by atoms with Gasteiger partial charge in [0.1, 0.15) is 0 Å². The molecule has 4 heteroatoms. The number of aliphatic hydroxyl groups excluding tert-OH is 1. The zero-order valence-electron chi connectivity index (χ0n) is 12.2. The molecule has 0 heterocycles. The summed E-state index contributed by atoms with van der Waals surface area (Å²) in [5.41, 5.74) is 1.20. The average molecular weight is 277 g/mol. The number of aliphatic hydroxyl groups is 1. The Hall–Kier alpha value is -1.42. The van der Waals surface area contributed by atoms with Crippen molar-refractivity contribution in [2.24, 2.45) is 17.8 Å². The van der Waals surface area contributed by atoms with Crippen LogP contribution in [0.2, 0.25) is 0 Å². The van der Waals surface area contributed by atoms with Crippen LogP contribution < -0.4 is 0 Å². The van der Waals surface area contributed by atoms with E-state index in [-0.39, 0.29) is 22.6 Å². The van der Waals surface area contributed by atoms with Crippen molar-refractivity contribution in [2.45, 2.75) is 45.6 Å². The van der Waals surface area contributed by atoms with E-state index in [4.69, 9.17) is 0 Å². The van der Waals surface area contributed by atoms with Crippen molar-refractivity contribution in [3.63, 3.8) is 0 Å². The normalized spacial score (nSPS) is 26.7. The molecule has 0 radical (unpaired) electrons. The molecule has 1 aliphatic carbocycles. The second kappa shape index (κ2) is 6.35. The van der Waals surface area contributed by atoms with Crippen LogP contribution in [0.1, 0.15) is 38.7 Å². The molecule has 0 saturated heterocycles. The van der Waals surface area contributed by atoms with Crippen LogP contribution in [0.25, 0.3) is 0 Å². The van der Waals surface area contributed by atoms with E-state index in [1.165, 1.54) is 0 Å². The van der Waals surface area contributed by atoms with Gasteiger partial charge in [-0.2, -0.15) is 0 Å². The van der Waals surface area contributed by atoms with Gasteiger partial charge >= 0.3 is 0 Å². The maximum atomic E-state index is 10.6. The van der Waals surface area contributed by atoms with Crippen LogP contribution in [-0.4, -0.2) is 16.1 Å². The van der Waals surface area contributed by atoms with Gasteiger partial charge in [-0.3, -0.25) is 10.1 Å². The third kappa shape index (κ3) is 3.57. The van der Waals surface area contributed by atoms with Gasteiger partial charge < -0.3 is 5.11 Å². The predicted octanol–water partition coefficient (Wildman–Crippen LogP) is 3.57. The fraction of sp³-hybridized carbons (Fsp3) is 0.625. The topological polar surface area (TPSA) is 63.4 Å². The summed E-state index contributed by atoms with van der Waals surface area (Å²) in [7, 11) is 0. The molecule has 0 bridgehead atoms. The lowest BCUT2D eigenvalue weighted by atomic mass is 9.73. The molecule has 1 aromatic rings. The summed E-state index contributed by atoms with van der Waals surface area (Å²) in [4.78, 5) is 10.3. The summed E-state index contributed by atoms with van der Waals surface area (Å²) >= 11 is 0. The van der Waals surface area contributed by atoms with Gasteiger partial charge in [0.2, 0.25) is 0 Å². The zero-order valence-corrected chi connectivity index (χ0v) is 12.2. The number of nitro groups is 1. The Balaban J connectivity index is 2.02. The van der Waals surface area contributed by atoms with Crippen LogP contribution >= 0.6 is 0 Å². The summed E-state index contributed by atoms with van der Waals surface area (Å²) in [6.07, 6.45) is 3.61. The van der Waals surface area contributed by atoms with Crippen LogP contribution in [0.15, 0.2) is 24.3 Å². The van der Waals surface area contributed by atoms with E-state index >= 15 is 0 Å². The highest BCUT2D eigenvalue weighted by atomic mass is 16.6. The van der Waals surface area contributed by atoms with E-state index in [1.807, 2.05) is 12.1 Å². The maximum absolute atomic E-state index is 10.6. The number of rotatable bonds is 4. The Bertz CT molecular complexity index is 455. The second-order valence-corrected chi connectivity index (χ2v) is 6.27. The number of non-ortho nitro benzene ring substituents is 1. The van der Waals surface area contributed by atoms with Crippen molar-refractivity contribution in [1.82, 2.24) is 0 Å². The van der Waals surface area contributed by atoms with Gasteiger partial charge in [0.15, 0.2) is 0 Å². The van der Waals surface area contributed by atoms with E-state index < -0.39 is 0 Å². The Kier molecular flexibility index (Phi) is 4.76. The quantitative estimate of drug-likeness (QED) is 0.676. The molecule has 3 unspecified atom stereocenters. The highest BCUT2D eigenvalue weighted by molar-refractivity contribution is 5.33. The van der Waals surface area contributed by atoms with Crippen molar-refractivity contribution in [1.29, 1.82) is 0 Å².